The molecule has 0 saturated carbocycles. The number of amides is 1. The maximum absolute atomic E-state index is 11.7. The largest absolute Gasteiger partial charge is 0.497 e. The molecule has 120 valence electrons. The molecule has 0 saturated heterocycles. The number of nitrogens with one attached hydrogen (secondary N) is 2. The SMILES string of the molecule is COc1cc(N=CC(=O)NNCc2ccncc2)cc(OC)c1. The van der Waals surface area contributed by atoms with Crippen LogP contribution in [0.4, 0.5) is 5.69 Å². The van der Waals surface area contributed by atoms with Gasteiger partial charge in [0.1, 0.15) is 11.5 Å². The Morgan fingerprint density at radius 1 is 1.17 bits per heavy atom. The highest BCUT2D eigenvalue weighted by atomic mass is 16.5. The van der Waals surface area contributed by atoms with Gasteiger partial charge in [-0.25, -0.2) is 5.43 Å². The molecule has 0 aliphatic rings. The van der Waals surface area contributed by atoms with Gasteiger partial charge in [-0.3, -0.25) is 20.2 Å². The summed E-state index contributed by atoms with van der Waals surface area (Å²) in [6.45, 7) is 0.495. The first-order valence-electron chi connectivity index (χ1n) is 6.90. The Bertz CT molecular complexity index is 652. The second kappa shape index (κ2) is 8.50. The van der Waals surface area contributed by atoms with E-state index in [0.29, 0.717) is 23.7 Å². The Morgan fingerprint density at radius 3 is 2.43 bits per heavy atom. The van der Waals surface area contributed by atoms with Gasteiger partial charge in [-0.1, -0.05) is 0 Å². The summed E-state index contributed by atoms with van der Waals surface area (Å²) in [4.78, 5) is 19.7. The maximum Gasteiger partial charge on any atom is 0.276 e. The fourth-order valence-corrected chi connectivity index (χ4v) is 1.77. The number of nitrogens with zero attached hydrogens (tertiary/aromatic N) is 2. The van der Waals surface area contributed by atoms with Crippen LogP contribution in [0.15, 0.2) is 47.7 Å². The molecule has 0 aliphatic heterocycles. The van der Waals surface area contributed by atoms with E-state index in [0.717, 1.165) is 5.56 Å². The van der Waals surface area contributed by atoms with Crippen molar-refractivity contribution in [2.24, 2.45) is 4.99 Å². The number of hydrogen-bond acceptors (Lipinski definition) is 6. The van der Waals surface area contributed by atoms with Gasteiger partial charge in [-0.15, -0.1) is 0 Å². The van der Waals surface area contributed by atoms with Crippen LogP contribution in [0.1, 0.15) is 5.56 Å². The molecule has 23 heavy (non-hydrogen) atoms. The minimum Gasteiger partial charge on any atom is -0.497 e. The zero-order valence-electron chi connectivity index (χ0n) is 12.9. The van der Waals surface area contributed by atoms with Crippen LogP contribution < -0.4 is 20.3 Å². The van der Waals surface area contributed by atoms with Crippen LogP contribution in [-0.2, 0) is 11.3 Å². The van der Waals surface area contributed by atoms with Gasteiger partial charge in [-0.2, -0.15) is 0 Å². The summed E-state index contributed by atoms with van der Waals surface area (Å²) in [5.74, 6) is 0.848. The van der Waals surface area contributed by atoms with Crippen molar-refractivity contribution in [2.45, 2.75) is 6.54 Å². The monoisotopic (exact) mass is 314 g/mol. The number of hydrogen-bond donors (Lipinski definition) is 2. The lowest BCUT2D eigenvalue weighted by molar-refractivity contribution is -0.115. The van der Waals surface area contributed by atoms with Gasteiger partial charge in [0.15, 0.2) is 0 Å². The standard InChI is InChI=1S/C16H18N4O3/c1-22-14-7-13(8-15(9-14)23-2)18-11-16(21)20-19-10-12-3-5-17-6-4-12/h3-9,11,19H,10H2,1-2H3,(H,20,21). The van der Waals surface area contributed by atoms with Crippen LogP contribution in [0.3, 0.4) is 0 Å². The summed E-state index contributed by atoms with van der Waals surface area (Å²) >= 11 is 0. The lowest BCUT2D eigenvalue weighted by atomic mass is 10.3. The van der Waals surface area contributed by atoms with E-state index in [-0.39, 0.29) is 5.91 Å². The van der Waals surface area contributed by atoms with Crippen molar-refractivity contribution >= 4 is 17.8 Å². The number of aliphatic imine (C=N–C) groups is 1. The van der Waals surface area contributed by atoms with E-state index < -0.39 is 0 Å². The van der Waals surface area contributed by atoms with Crippen LogP contribution in [0.2, 0.25) is 0 Å². The first kappa shape index (κ1) is 16.4. The summed E-state index contributed by atoms with van der Waals surface area (Å²) in [5.41, 5.74) is 6.92. The number of methoxy groups -OCH3 is 2. The molecule has 0 bridgehead atoms. The van der Waals surface area contributed by atoms with Crippen LogP contribution in [0.5, 0.6) is 11.5 Å². The van der Waals surface area contributed by atoms with Crippen LogP contribution in [0.25, 0.3) is 0 Å². The van der Waals surface area contributed by atoms with E-state index in [1.165, 1.54) is 6.21 Å². The Kier molecular flexibility index (Phi) is 6.07. The molecule has 0 radical (unpaired) electrons. The molecule has 2 rings (SSSR count). The van der Waals surface area contributed by atoms with Crippen molar-refractivity contribution < 1.29 is 14.3 Å². The molecule has 0 unspecified atom stereocenters. The molecule has 1 aromatic heterocycles. The third-order valence-corrected chi connectivity index (χ3v) is 2.92. The molecule has 0 spiro atoms. The summed E-state index contributed by atoms with van der Waals surface area (Å²) in [7, 11) is 3.11. The van der Waals surface area contributed by atoms with E-state index in [4.69, 9.17) is 9.47 Å². The molecule has 7 heteroatoms. The zero-order chi connectivity index (χ0) is 16.5. The highest BCUT2D eigenvalue weighted by Crippen LogP contribution is 2.27. The number of hydrazine groups is 1. The van der Waals surface area contributed by atoms with Gasteiger partial charge in [0.05, 0.1) is 26.1 Å². The normalized spacial score (nSPS) is 10.5. The average Bonchev–Trinajstić information content (AvgIpc) is 2.60. The quantitative estimate of drug-likeness (QED) is 0.599. The molecule has 0 fully saturated rings. The van der Waals surface area contributed by atoms with E-state index in [2.05, 4.69) is 20.8 Å². The van der Waals surface area contributed by atoms with E-state index in [1.807, 2.05) is 12.1 Å². The summed E-state index contributed by atoms with van der Waals surface area (Å²) < 4.78 is 10.3. The molecule has 2 N–H and O–H groups in total. The van der Waals surface area contributed by atoms with Crippen molar-refractivity contribution in [2.75, 3.05) is 14.2 Å². The molecule has 7 nitrogen and oxygen atoms in total. The summed E-state index contributed by atoms with van der Waals surface area (Å²) in [6, 6.07) is 8.86. The van der Waals surface area contributed by atoms with E-state index in [1.54, 1.807) is 44.8 Å². The molecule has 1 heterocycles. The fourth-order valence-electron chi connectivity index (χ4n) is 1.77. The van der Waals surface area contributed by atoms with E-state index >= 15 is 0 Å². The number of rotatable bonds is 7. The molecule has 0 aliphatic carbocycles. The first-order chi connectivity index (χ1) is 11.2. The number of aromatic nitrogens is 1. The topological polar surface area (TPSA) is 84.8 Å². The minimum absolute atomic E-state index is 0.360. The van der Waals surface area contributed by atoms with E-state index in [9.17, 15) is 4.79 Å². The number of ether oxygens (including phenoxy) is 2. The van der Waals surface area contributed by atoms with Gasteiger partial charge in [-0.05, 0) is 17.7 Å². The van der Waals surface area contributed by atoms with Crippen molar-refractivity contribution in [3.05, 3.63) is 48.3 Å². The molecule has 2 aromatic rings. The molecule has 1 aromatic carbocycles. The van der Waals surface area contributed by atoms with Crippen molar-refractivity contribution in [3.63, 3.8) is 0 Å². The second-order valence-corrected chi connectivity index (χ2v) is 4.53. The Balaban J connectivity index is 1.88. The number of carbonyl (C=O) groups is 1. The van der Waals surface area contributed by atoms with Gasteiger partial charge < -0.3 is 9.47 Å². The number of pyridine rings is 1. The Hall–Kier alpha value is -2.93. The van der Waals surface area contributed by atoms with Gasteiger partial charge >= 0.3 is 0 Å². The van der Waals surface area contributed by atoms with Gasteiger partial charge in [0, 0.05) is 37.1 Å². The van der Waals surface area contributed by atoms with Crippen LogP contribution in [0, 0.1) is 0 Å². The van der Waals surface area contributed by atoms with Crippen molar-refractivity contribution in [3.8, 4) is 11.5 Å². The van der Waals surface area contributed by atoms with Gasteiger partial charge in [0.2, 0.25) is 0 Å². The smallest absolute Gasteiger partial charge is 0.276 e. The predicted molar refractivity (Wildman–Crippen MR) is 86.9 cm³/mol. The Labute approximate surface area is 134 Å². The van der Waals surface area contributed by atoms with Crippen molar-refractivity contribution in [1.82, 2.24) is 15.8 Å². The number of carbonyl (C=O) groups excluding carboxylic acids is 1. The molecular weight excluding hydrogens is 296 g/mol. The lowest BCUT2D eigenvalue weighted by Crippen LogP contribution is -2.37. The van der Waals surface area contributed by atoms with Crippen LogP contribution in [-0.4, -0.2) is 31.3 Å². The zero-order valence-corrected chi connectivity index (χ0v) is 12.9. The summed E-state index contributed by atoms with van der Waals surface area (Å²) in [5, 5.41) is 0. The third-order valence-electron chi connectivity index (χ3n) is 2.92. The second-order valence-electron chi connectivity index (χ2n) is 4.53. The van der Waals surface area contributed by atoms with Crippen LogP contribution >= 0.6 is 0 Å². The first-order valence-corrected chi connectivity index (χ1v) is 6.90. The molecule has 0 atom stereocenters. The maximum atomic E-state index is 11.7. The average molecular weight is 314 g/mol. The highest BCUT2D eigenvalue weighted by molar-refractivity contribution is 6.26. The highest BCUT2D eigenvalue weighted by Gasteiger charge is 2.01. The Morgan fingerprint density at radius 2 is 1.83 bits per heavy atom. The summed E-state index contributed by atoms with van der Waals surface area (Å²) in [6.07, 6.45) is 4.57. The van der Waals surface area contributed by atoms with Crippen molar-refractivity contribution in [1.29, 1.82) is 0 Å². The molecule has 1 amide bonds. The number of benzene rings is 1. The minimum atomic E-state index is -0.360. The van der Waals surface area contributed by atoms with Gasteiger partial charge in [0.25, 0.3) is 5.91 Å². The molecular formula is C16H18N4O3. The predicted octanol–water partition coefficient (Wildman–Crippen LogP) is 1.62. The lowest BCUT2D eigenvalue weighted by Gasteiger charge is -2.06. The fraction of sp³-hybridized carbons (Fsp3) is 0.188. The third kappa shape index (κ3) is 5.40.